The Balaban J connectivity index is 2.10. The Morgan fingerprint density at radius 3 is 2.82 bits per heavy atom. The van der Waals surface area contributed by atoms with Crippen molar-refractivity contribution in [3.63, 3.8) is 0 Å². The number of aliphatic hydroxyl groups is 1. The molecule has 0 saturated heterocycles. The van der Waals surface area contributed by atoms with E-state index in [4.69, 9.17) is 5.11 Å². The van der Waals surface area contributed by atoms with Crippen LogP contribution < -0.4 is 4.72 Å². The van der Waals surface area contributed by atoms with Crippen molar-refractivity contribution in [2.75, 3.05) is 6.61 Å². The number of sulfonamides is 1. The Kier molecular flexibility index (Phi) is 3.76. The largest absolute Gasteiger partial charge is 0.396 e. The summed E-state index contributed by atoms with van der Waals surface area (Å²) in [4.78, 5) is 3.97. The first-order valence-electron chi connectivity index (χ1n) is 5.66. The van der Waals surface area contributed by atoms with Crippen molar-refractivity contribution in [1.82, 2.24) is 9.71 Å². The summed E-state index contributed by atoms with van der Waals surface area (Å²) >= 11 is 0. The molecule has 0 spiro atoms. The van der Waals surface area contributed by atoms with Crippen molar-refractivity contribution < 1.29 is 13.5 Å². The number of pyridine rings is 1. The second-order valence-corrected chi connectivity index (χ2v) is 5.98. The zero-order valence-electron chi connectivity index (χ0n) is 9.41. The molecule has 2 N–H and O–H groups in total. The second-order valence-electron chi connectivity index (χ2n) is 4.27. The highest BCUT2D eigenvalue weighted by Gasteiger charge is 2.33. The van der Waals surface area contributed by atoms with Gasteiger partial charge in [0.25, 0.3) is 0 Å². The van der Waals surface area contributed by atoms with Gasteiger partial charge in [-0.3, -0.25) is 4.98 Å². The van der Waals surface area contributed by atoms with Crippen molar-refractivity contribution in [2.24, 2.45) is 5.92 Å². The summed E-state index contributed by atoms with van der Waals surface area (Å²) in [5, 5.41) is 8.93. The van der Waals surface area contributed by atoms with E-state index in [1.54, 1.807) is 6.07 Å². The van der Waals surface area contributed by atoms with E-state index in [0.29, 0.717) is 12.3 Å². The smallest absolute Gasteiger partial charge is 0.242 e. The molecule has 5 nitrogen and oxygen atoms in total. The van der Waals surface area contributed by atoms with Gasteiger partial charge in [-0.25, -0.2) is 13.1 Å². The van der Waals surface area contributed by atoms with E-state index in [0.717, 1.165) is 12.8 Å². The molecular formula is C11H16N2O3S. The first-order valence-corrected chi connectivity index (χ1v) is 7.15. The molecule has 1 aliphatic rings. The quantitative estimate of drug-likeness (QED) is 0.777. The van der Waals surface area contributed by atoms with E-state index >= 15 is 0 Å². The molecular weight excluding hydrogens is 240 g/mol. The van der Waals surface area contributed by atoms with Crippen LogP contribution in [-0.4, -0.2) is 31.2 Å². The van der Waals surface area contributed by atoms with Crippen LogP contribution in [0.4, 0.5) is 0 Å². The van der Waals surface area contributed by atoms with Crippen molar-refractivity contribution in [3.05, 3.63) is 24.5 Å². The van der Waals surface area contributed by atoms with Crippen molar-refractivity contribution in [1.29, 1.82) is 0 Å². The summed E-state index contributed by atoms with van der Waals surface area (Å²) in [6, 6.07) is 2.94. The molecule has 1 atom stereocenters. The lowest BCUT2D eigenvalue weighted by Crippen LogP contribution is -2.37. The molecule has 1 heterocycles. The zero-order chi connectivity index (χ0) is 12.3. The zero-order valence-corrected chi connectivity index (χ0v) is 10.2. The topological polar surface area (TPSA) is 79.3 Å². The highest BCUT2D eigenvalue weighted by atomic mass is 32.2. The van der Waals surface area contributed by atoms with E-state index in [2.05, 4.69) is 9.71 Å². The molecule has 0 aliphatic heterocycles. The SMILES string of the molecule is O=S(=O)(NC(CCO)C1CC1)c1cccnc1. The monoisotopic (exact) mass is 256 g/mol. The molecule has 1 aromatic heterocycles. The molecule has 0 radical (unpaired) electrons. The van der Waals surface area contributed by atoms with Crippen molar-refractivity contribution in [3.8, 4) is 0 Å². The number of aromatic nitrogens is 1. The van der Waals surface area contributed by atoms with Gasteiger partial charge in [-0.1, -0.05) is 0 Å². The van der Waals surface area contributed by atoms with Crippen LogP contribution in [0.25, 0.3) is 0 Å². The molecule has 1 unspecified atom stereocenters. The molecule has 94 valence electrons. The number of nitrogens with one attached hydrogen (secondary N) is 1. The highest BCUT2D eigenvalue weighted by molar-refractivity contribution is 7.89. The van der Waals surface area contributed by atoms with Gasteiger partial charge in [-0.05, 0) is 37.3 Å². The molecule has 17 heavy (non-hydrogen) atoms. The summed E-state index contributed by atoms with van der Waals surface area (Å²) in [6.07, 6.45) is 5.38. The molecule has 1 aromatic rings. The fourth-order valence-corrected chi connectivity index (χ4v) is 3.10. The maximum Gasteiger partial charge on any atom is 0.242 e. The van der Waals surface area contributed by atoms with Crippen LogP contribution in [0.15, 0.2) is 29.4 Å². The summed E-state index contributed by atoms with van der Waals surface area (Å²) < 4.78 is 26.7. The van der Waals surface area contributed by atoms with Gasteiger partial charge in [0, 0.05) is 25.0 Å². The van der Waals surface area contributed by atoms with Crippen LogP contribution in [0.5, 0.6) is 0 Å². The van der Waals surface area contributed by atoms with E-state index in [9.17, 15) is 8.42 Å². The summed E-state index contributed by atoms with van der Waals surface area (Å²) in [5.74, 6) is 0.369. The van der Waals surface area contributed by atoms with E-state index in [1.165, 1.54) is 18.5 Å². The minimum atomic E-state index is -3.51. The lowest BCUT2D eigenvalue weighted by Gasteiger charge is -2.16. The maximum absolute atomic E-state index is 12.0. The second kappa shape index (κ2) is 5.12. The molecule has 6 heteroatoms. The number of aliphatic hydroxyl groups excluding tert-OH is 1. The summed E-state index contributed by atoms with van der Waals surface area (Å²) in [7, 11) is -3.51. The lowest BCUT2D eigenvalue weighted by atomic mass is 10.1. The number of hydrogen-bond donors (Lipinski definition) is 2. The summed E-state index contributed by atoms with van der Waals surface area (Å²) in [6.45, 7) is -0.00325. The van der Waals surface area contributed by atoms with Gasteiger partial charge in [-0.2, -0.15) is 0 Å². The molecule has 1 fully saturated rings. The number of rotatable bonds is 6. The van der Waals surface area contributed by atoms with Gasteiger partial charge >= 0.3 is 0 Å². The van der Waals surface area contributed by atoms with Gasteiger partial charge < -0.3 is 5.11 Å². The third-order valence-electron chi connectivity index (χ3n) is 2.88. The fraction of sp³-hybridized carbons (Fsp3) is 0.545. The minimum Gasteiger partial charge on any atom is -0.396 e. The van der Waals surface area contributed by atoms with Crippen molar-refractivity contribution in [2.45, 2.75) is 30.2 Å². The Hall–Kier alpha value is -0.980. The van der Waals surface area contributed by atoms with Gasteiger partial charge in [0.2, 0.25) is 10.0 Å². The van der Waals surface area contributed by atoms with E-state index in [1.807, 2.05) is 0 Å². The predicted molar refractivity (Wildman–Crippen MR) is 62.8 cm³/mol. The predicted octanol–water partition coefficient (Wildman–Crippen LogP) is 0.521. The average molecular weight is 256 g/mol. The van der Waals surface area contributed by atoms with Gasteiger partial charge in [0.1, 0.15) is 4.90 Å². The number of hydrogen-bond acceptors (Lipinski definition) is 4. The molecule has 0 bridgehead atoms. The molecule has 0 aromatic carbocycles. The third kappa shape index (κ3) is 3.24. The molecule has 2 rings (SSSR count). The Labute approximate surface area is 101 Å². The van der Waals surface area contributed by atoms with Crippen LogP contribution in [0.1, 0.15) is 19.3 Å². The van der Waals surface area contributed by atoms with Gasteiger partial charge in [0.05, 0.1) is 0 Å². The minimum absolute atomic E-state index is 0.00325. The first-order chi connectivity index (χ1) is 8.13. The van der Waals surface area contributed by atoms with E-state index in [-0.39, 0.29) is 17.5 Å². The maximum atomic E-state index is 12.0. The first kappa shape index (κ1) is 12.5. The van der Waals surface area contributed by atoms with E-state index < -0.39 is 10.0 Å². The normalized spacial score (nSPS) is 17.9. The van der Waals surface area contributed by atoms with Crippen LogP contribution in [0, 0.1) is 5.92 Å². The molecule has 0 amide bonds. The third-order valence-corrected chi connectivity index (χ3v) is 4.36. The lowest BCUT2D eigenvalue weighted by molar-refractivity contribution is 0.265. The fourth-order valence-electron chi connectivity index (χ4n) is 1.80. The van der Waals surface area contributed by atoms with Gasteiger partial charge in [0.15, 0.2) is 0 Å². The average Bonchev–Trinajstić information content (AvgIpc) is 3.13. The van der Waals surface area contributed by atoms with Crippen LogP contribution >= 0.6 is 0 Å². The Morgan fingerprint density at radius 1 is 1.53 bits per heavy atom. The standard InChI is InChI=1S/C11H16N2O3S/c14-7-5-11(9-3-4-9)13-17(15,16)10-2-1-6-12-8-10/h1-2,6,8-9,11,13-14H,3-5,7H2. The Bertz CT molecular complexity index is 457. The van der Waals surface area contributed by atoms with Crippen LogP contribution in [0.3, 0.4) is 0 Å². The highest BCUT2D eigenvalue weighted by Crippen LogP contribution is 2.34. The molecule has 1 aliphatic carbocycles. The molecule has 1 saturated carbocycles. The van der Waals surface area contributed by atoms with Gasteiger partial charge in [-0.15, -0.1) is 0 Å². The summed E-state index contributed by atoms with van der Waals surface area (Å²) in [5.41, 5.74) is 0. The van der Waals surface area contributed by atoms with Crippen molar-refractivity contribution >= 4 is 10.0 Å². The number of nitrogens with zero attached hydrogens (tertiary/aromatic N) is 1. The Morgan fingerprint density at radius 2 is 2.29 bits per heavy atom. The van der Waals surface area contributed by atoms with Crippen LogP contribution in [-0.2, 0) is 10.0 Å². The van der Waals surface area contributed by atoms with Crippen LogP contribution in [0.2, 0.25) is 0 Å².